The van der Waals surface area contributed by atoms with E-state index in [0.717, 1.165) is 16.7 Å². The Labute approximate surface area is 193 Å². The van der Waals surface area contributed by atoms with Crippen LogP contribution in [0.5, 0.6) is 0 Å². The average Bonchev–Trinajstić information content (AvgIpc) is 2.74. The normalized spacial score (nSPS) is 11.8. The zero-order chi connectivity index (χ0) is 23.7. The standard InChI is InChI=1S/C24H31N3O4S/c1-5-22(24(29)25-17(2)3)26(14-20-9-7-6-8-18(20)4)23(28)16-32-15-19-10-12-21(13-11-19)27(30)31/h6-13,17,22H,5,14-16H2,1-4H3,(H,25,29). The monoisotopic (exact) mass is 457 g/mol. The summed E-state index contributed by atoms with van der Waals surface area (Å²) in [7, 11) is 0. The highest BCUT2D eigenvalue weighted by atomic mass is 32.2. The molecular formula is C24H31N3O4S. The quantitative estimate of drug-likeness (QED) is 0.397. The average molecular weight is 458 g/mol. The zero-order valence-electron chi connectivity index (χ0n) is 19.0. The first kappa shape index (κ1) is 25.4. The largest absolute Gasteiger partial charge is 0.352 e. The van der Waals surface area contributed by atoms with Gasteiger partial charge < -0.3 is 10.2 Å². The van der Waals surface area contributed by atoms with Crippen LogP contribution < -0.4 is 5.32 Å². The summed E-state index contributed by atoms with van der Waals surface area (Å²) in [4.78, 5) is 38.1. The number of aryl methyl sites for hydroxylation is 1. The van der Waals surface area contributed by atoms with E-state index < -0.39 is 11.0 Å². The number of nitrogens with zero attached hydrogens (tertiary/aromatic N) is 2. The van der Waals surface area contributed by atoms with Crippen molar-refractivity contribution in [2.75, 3.05) is 5.75 Å². The van der Waals surface area contributed by atoms with Gasteiger partial charge in [0.15, 0.2) is 0 Å². The van der Waals surface area contributed by atoms with E-state index in [2.05, 4.69) is 5.32 Å². The number of nitro benzene ring substituents is 1. The molecule has 0 bridgehead atoms. The van der Waals surface area contributed by atoms with E-state index in [0.29, 0.717) is 18.7 Å². The molecule has 0 fully saturated rings. The number of hydrogen-bond donors (Lipinski definition) is 1. The van der Waals surface area contributed by atoms with Gasteiger partial charge in [0, 0.05) is 30.5 Å². The maximum absolute atomic E-state index is 13.2. The number of rotatable bonds is 11. The number of carbonyl (C=O) groups is 2. The molecule has 0 aromatic heterocycles. The second kappa shape index (κ2) is 12.2. The van der Waals surface area contributed by atoms with E-state index in [9.17, 15) is 19.7 Å². The Morgan fingerprint density at radius 3 is 2.34 bits per heavy atom. The fourth-order valence-corrected chi connectivity index (χ4v) is 4.19. The van der Waals surface area contributed by atoms with Gasteiger partial charge in [-0.15, -0.1) is 11.8 Å². The molecule has 0 spiro atoms. The second-order valence-corrected chi connectivity index (χ2v) is 8.94. The van der Waals surface area contributed by atoms with Crippen LogP contribution in [0.2, 0.25) is 0 Å². The Kier molecular flexibility index (Phi) is 9.71. The minimum absolute atomic E-state index is 0.0107. The third kappa shape index (κ3) is 7.37. The first-order chi connectivity index (χ1) is 15.2. The molecule has 0 radical (unpaired) electrons. The predicted octanol–water partition coefficient (Wildman–Crippen LogP) is 4.47. The third-order valence-corrected chi connectivity index (χ3v) is 6.05. The van der Waals surface area contributed by atoms with E-state index in [1.165, 1.54) is 23.9 Å². The highest BCUT2D eigenvalue weighted by Crippen LogP contribution is 2.20. The minimum atomic E-state index is -0.551. The zero-order valence-corrected chi connectivity index (χ0v) is 19.9. The van der Waals surface area contributed by atoms with Crippen molar-refractivity contribution in [1.29, 1.82) is 0 Å². The van der Waals surface area contributed by atoms with Gasteiger partial charge in [-0.25, -0.2) is 0 Å². The fourth-order valence-electron chi connectivity index (χ4n) is 3.32. The summed E-state index contributed by atoms with van der Waals surface area (Å²) in [5.41, 5.74) is 3.03. The van der Waals surface area contributed by atoms with E-state index in [1.54, 1.807) is 17.0 Å². The summed E-state index contributed by atoms with van der Waals surface area (Å²) >= 11 is 1.43. The number of hydrogen-bond acceptors (Lipinski definition) is 5. The van der Waals surface area contributed by atoms with Crippen LogP contribution in [0.4, 0.5) is 5.69 Å². The number of benzene rings is 2. The van der Waals surface area contributed by atoms with Gasteiger partial charge in [-0.05, 0) is 43.9 Å². The van der Waals surface area contributed by atoms with Gasteiger partial charge in [-0.3, -0.25) is 19.7 Å². The SMILES string of the molecule is CCC(C(=O)NC(C)C)N(Cc1ccccc1C)C(=O)CSCc1ccc([N+](=O)[O-])cc1. The molecule has 7 nitrogen and oxygen atoms in total. The summed E-state index contributed by atoms with van der Waals surface area (Å²) in [6.07, 6.45) is 0.517. The minimum Gasteiger partial charge on any atom is -0.352 e. The van der Waals surface area contributed by atoms with Gasteiger partial charge in [0.25, 0.3) is 5.69 Å². The van der Waals surface area contributed by atoms with Crippen molar-refractivity contribution in [3.05, 3.63) is 75.3 Å². The van der Waals surface area contributed by atoms with Crippen molar-refractivity contribution in [2.45, 2.75) is 58.5 Å². The number of nitro groups is 1. The molecule has 2 aromatic rings. The summed E-state index contributed by atoms with van der Waals surface area (Å²) < 4.78 is 0. The Hall–Kier alpha value is -2.87. The van der Waals surface area contributed by atoms with E-state index in [4.69, 9.17) is 0 Å². The maximum atomic E-state index is 13.2. The molecule has 0 heterocycles. The number of thioether (sulfide) groups is 1. The molecule has 1 N–H and O–H groups in total. The van der Waals surface area contributed by atoms with Gasteiger partial charge in [-0.1, -0.05) is 43.3 Å². The lowest BCUT2D eigenvalue weighted by Gasteiger charge is -2.31. The van der Waals surface area contributed by atoms with Crippen LogP contribution in [0.25, 0.3) is 0 Å². The van der Waals surface area contributed by atoms with Crippen LogP contribution in [0.15, 0.2) is 48.5 Å². The fraction of sp³-hybridized carbons (Fsp3) is 0.417. The molecule has 2 amide bonds. The second-order valence-electron chi connectivity index (χ2n) is 7.95. The van der Waals surface area contributed by atoms with E-state index in [1.807, 2.05) is 52.0 Å². The molecule has 1 unspecified atom stereocenters. The van der Waals surface area contributed by atoms with Gasteiger partial charge in [0.2, 0.25) is 11.8 Å². The molecule has 0 saturated heterocycles. The van der Waals surface area contributed by atoms with Crippen LogP contribution in [0.1, 0.15) is 43.9 Å². The summed E-state index contributed by atoms with van der Waals surface area (Å²) in [5.74, 6) is 0.515. The van der Waals surface area contributed by atoms with Crippen molar-refractivity contribution in [2.24, 2.45) is 0 Å². The number of nitrogens with one attached hydrogen (secondary N) is 1. The smallest absolute Gasteiger partial charge is 0.269 e. The van der Waals surface area contributed by atoms with Gasteiger partial charge in [0.1, 0.15) is 6.04 Å². The summed E-state index contributed by atoms with van der Waals surface area (Å²) in [5, 5.41) is 13.7. The molecule has 172 valence electrons. The number of amides is 2. The molecule has 0 aliphatic heterocycles. The lowest BCUT2D eigenvalue weighted by molar-refractivity contribution is -0.384. The third-order valence-electron chi connectivity index (χ3n) is 5.06. The molecule has 1 atom stereocenters. The number of carbonyl (C=O) groups excluding carboxylic acids is 2. The molecule has 2 rings (SSSR count). The first-order valence-electron chi connectivity index (χ1n) is 10.7. The highest BCUT2D eigenvalue weighted by molar-refractivity contribution is 7.99. The number of non-ortho nitro benzene ring substituents is 1. The molecule has 8 heteroatoms. The summed E-state index contributed by atoms with van der Waals surface area (Å²) in [6, 6.07) is 13.6. The van der Waals surface area contributed by atoms with Crippen molar-refractivity contribution < 1.29 is 14.5 Å². The van der Waals surface area contributed by atoms with Crippen molar-refractivity contribution in [1.82, 2.24) is 10.2 Å². The molecule has 0 aliphatic carbocycles. The molecule has 0 saturated carbocycles. The van der Waals surface area contributed by atoms with Crippen molar-refractivity contribution in [3.63, 3.8) is 0 Å². The Morgan fingerprint density at radius 1 is 1.12 bits per heavy atom. The van der Waals surface area contributed by atoms with Gasteiger partial charge in [0.05, 0.1) is 10.7 Å². The van der Waals surface area contributed by atoms with Gasteiger partial charge >= 0.3 is 0 Å². The Morgan fingerprint density at radius 2 is 1.78 bits per heavy atom. The van der Waals surface area contributed by atoms with Crippen LogP contribution in [0.3, 0.4) is 0 Å². The molecule has 32 heavy (non-hydrogen) atoms. The van der Waals surface area contributed by atoms with Crippen LogP contribution in [-0.2, 0) is 21.9 Å². The highest BCUT2D eigenvalue weighted by Gasteiger charge is 2.29. The predicted molar refractivity (Wildman–Crippen MR) is 128 cm³/mol. The molecule has 2 aromatic carbocycles. The molecule has 0 aliphatic rings. The van der Waals surface area contributed by atoms with E-state index >= 15 is 0 Å². The van der Waals surface area contributed by atoms with Crippen LogP contribution >= 0.6 is 11.8 Å². The maximum Gasteiger partial charge on any atom is 0.269 e. The first-order valence-corrected chi connectivity index (χ1v) is 11.8. The van der Waals surface area contributed by atoms with Crippen LogP contribution in [-0.4, -0.2) is 39.5 Å². The van der Waals surface area contributed by atoms with Gasteiger partial charge in [-0.2, -0.15) is 0 Å². The molecular weight excluding hydrogens is 426 g/mol. The summed E-state index contributed by atoms with van der Waals surface area (Å²) in [6.45, 7) is 8.08. The Balaban J connectivity index is 2.12. The van der Waals surface area contributed by atoms with Crippen LogP contribution in [0, 0.1) is 17.0 Å². The van der Waals surface area contributed by atoms with Crippen molar-refractivity contribution in [3.8, 4) is 0 Å². The lowest BCUT2D eigenvalue weighted by Crippen LogP contribution is -2.51. The topological polar surface area (TPSA) is 92.6 Å². The lowest BCUT2D eigenvalue weighted by atomic mass is 10.1. The van der Waals surface area contributed by atoms with E-state index in [-0.39, 0.29) is 29.3 Å². The Bertz CT molecular complexity index is 931. The van der Waals surface area contributed by atoms with Crippen molar-refractivity contribution >= 4 is 29.3 Å².